The third kappa shape index (κ3) is 5.47. The molecule has 1 aromatic carbocycles. The predicted octanol–water partition coefficient (Wildman–Crippen LogP) is 4.67. The number of rotatable bonds is 2. The summed E-state index contributed by atoms with van der Waals surface area (Å²) in [7, 11) is 0. The molecule has 0 fully saturated rings. The Morgan fingerprint density at radius 3 is 2.20 bits per heavy atom. The highest BCUT2D eigenvalue weighted by Crippen LogP contribution is 2.29. The molecule has 0 bridgehead atoms. The molecule has 0 aliphatic heterocycles. The number of amides is 2. The van der Waals surface area contributed by atoms with Crippen LogP contribution in [0.15, 0.2) is 36.5 Å². The lowest BCUT2D eigenvalue weighted by Gasteiger charge is -2.22. The van der Waals surface area contributed by atoms with Gasteiger partial charge in [-0.3, -0.25) is 0 Å². The zero-order valence-electron chi connectivity index (χ0n) is 13.4. The Bertz CT molecular complexity index is 490. The Balaban J connectivity index is 2.75. The molecule has 0 aromatic heterocycles. The molecule has 0 atom stereocenters. The average molecular weight is 274 g/mol. The molecule has 2 amide bonds. The van der Waals surface area contributed by atoms with E-state index in [-0.39, 0.29) is 16.9 Å². The van der Waals surface area contributed by atoms with Gasteiger partial charge < -0.3 is 10.6 Å². The second-order valence-corrected chi connectivity index (χ2v) is 7.09. The molecule has 0 heterocycles. The van der Waals surface area contributed by atoms with E-state index in [0.29, 0.717) is 0 Å². The van der Waals surface area contributed by atoms with Crippen LogP contribution >= 0.6 is 0 Å². The Kier molecular flexibility index (Phi) is 4.98. The second-order valence-electron chi connectivity index (χ2n) is 7.09. The van der Waals surface area contributed by atoms with Crippen LogP contribution in [0.3, 0.4) is 0 Å². The molecule has 0 saturated carbocycles. The second kappa shape index (κ2) is 6.12. The van der Waals surface area contributed by atoms with E-state index in [0.717, 1.165) is 11.3 Å². The van der Waals surface area contributed by atoms with E-state index >= 15 is 0 Å². The first-order valence-corrected chi connectivity index (χ1v) is 6.94. The Morgan fingerprint density at radius 1 is 1.05 bits per heavy atom. The molecule has 2 N–H and O–H groups in total. The fourth-order valence-corrected chi connectivity index (χ4v) is 1.77. The fourth-order valence-electron chi connectivity index (χ4n) is 1.77. The molecule has 0 aliphatic carbocycles. The summed E-state index contributed by atoms with van der Waals surface area (Å²) in [6, 6.07) is 7.66. The Morgan fingerprint density at radius 2 is 1.65 bits per heavy atom. The van der Waals surface area contributed by atoms with E-state index in [2.05, 4.69) is 52.2 Å². The molecular weight excluding hydrogens is 248 g/mol. The summed E-state index contributed by atoms with van der Waals surface area (Å²) in [6.45, 7) is 12.6. The number of allylic oxidation sites excluding steroid dienone is 1. The van der Waals surface area contributed by atoms with Crippen LogP contribution < -0.4 is 10.6 Å². The van der Waals surface area contributed by atoms with Crippen LogP contribution in [-0.4, -0.2) is 6.03 Å². The number of hydrogen-bond donors (Lipinski definition) is 2. The molecule has 0 aliphatic rings. The highest BCUT2D eigenvalue weighted by atomic mass is 16.2. The summed E-state index contributed by atoms with van der Waals surface area (Å²) in [4.78, 5) is 11.9. The van der Waals surface area contributed by atoms with Gasteiger partial charge in [-0.1, -0.05) is 65.8 Å². The van der Waals surface area contributed by atoms with E-state index in [1.807, 2.05) is 30.3 Å². The molecule has 1 aromatic rings. The van der Waals surface area contributed by atoms with E-state index in [4.69, 9.17) is 0 Å². The fraction of sp³-hybridized carbons (Fsp3) is 0.471. The number of benzene rings is 1. The first-order chi connectivity index (χ1) is 9.09. The van der Waals surface area contributed by atoms with E-state index in [1.165, 1.54) is 0 Å². The molecule has 3 nitrogen and oxygen atoms in total. The van der Waals surface area contributed by atoms with Gasteiger partial charge in [0.05, 0.1) is 0 Å². The molecule has 0 saturated heterocycles. The lowest BCUT2D eigenvalue weighted by atomic mass is 9.86. The number of hydrogen-bond acceptors (Lipinski definition) is 1. The lowest BCUT2D eigenvalue weighted by Crippen LogP contribution is -2.26. The molecule has 110 valence electrons. The van der Waals surface area contributed by atoms with Gasteiger partial charge in [0, 0.05) is 11.9 Å². The number of anilines is 1. The lowest BCUT2D eigenvalue weighted by molar-refractivity contribution is 0.255. The highest BCUT2D eigenvalue weighted by Gasteiger charge is 2.18. The van der Waals surface area contributed by atoms with Crippen molar-refractivity contribution in [2.45, 2.75) is 47.0 Å². The van der Waals surface area contributed by atoms with Crippen LogP contribution in [0.2, 0.25) is 0 Å². The third-order valence-electron chi connectivity index (χ3n) is 2.78. The topological polar surface area (TPSA) is 41.1 Å². The zero-order chi connectivity index (χ0) is 15.4. The minimum Gasteiger partial charge on any atom is -0.315 e. The number of nitrogens with one attached hydrogen (secondary N) is 2. The van der Waals surface area contributed by atoms with E-state index in [9.17, 15) is 4.79 Å². The SMILES string of the molecule is CC(C)(C)/C=C/NC(=O)Nc1ccccc1C(C)(C)C. The summed E-state index contributed by atoms with van der Waals surface area (Å²) < 4.78 is 0. The van der Waals surface area contributed by atoms with Crippen LogP contribution in [-0.2, 0) is 5.41 Å². The molecule has 20 heavy (non-hydrogen) atoms. The summed E-state index contributed by atoms with van der Waals surface area (Å²) in [5.41, 5.74) is 2.01. The maximum Gasteiger partial charge on any atom is 0.323 e. The summed E-state index contributed by atoms with van der Waals surface area (Å²) >= 11 is 0. The van der Waals surface area contributed by atoms with Crippen molar-refractivity contribution in [1.29, 1.82) is 0 Å². The van der Waals surface area contributed by atoms with Crippen LogP contribution in [0.4, 0.5) is 10.5 Å². The normalized spacial score (nSPS) is 12.5. The summed E-state index contributed by atoms with van der Waals surface area (Å²) in [5.74, 6) is 0. The minimum absolute atomic E-state index is 0.00881. The van der Waals surface area contributed by atoms with Crippen molar-refractivity contribution >= 4 is 11.7 Å². The van der Waals surface area contributed by atoms with E-state index < -0.39 is 0 Å². The van der Waals surface area contributed by atoms with Gasteiger partial charge in [0.15, 0.2) is 0 Å². The quantitative estimate of drug-likeness (QED) is 0.808. The number of carbonyl (C=O) groups excluding carboxylic acids is 1. The minimum atomic E-state index is -0.220. The Hall–Kier alpha value is -1.77. The number of para-hydroxylation sites is 1. The van der Waals surface area contributed by atoms with Gasteiger partial charge in [-0.05, 0) is 22.5 Å². The first kappa shape index (κ1) is 16.3. The van der Waals surface area contributed by atoms with Crippen molar-refractivity contribution < 1.29 is 4.79 Å². The van der Waals surface area contributed by atoms with Crippen LogP contribution in [0.1, 0.15) is 47.1 Å². The molecule has 0 spiro atoms. The summed E-state index contributed by atoms with van der Waals surface area (Å²) in [5, 5.41) is 5.64. The monoisotopic (exact) mass is 274 g/mol. The van der Waals surface area contributed by atoms with Crippen molar-refractivity contribution in [2.75, 3.05) is 5.32 Å². The van der Waals surface area contributed by atoms with Gasteiger partial charge in [0.1, 0.15) is 0 Å². The van der Waals surface area contributed by atoms with Crippen LogP contribution in [0.5, 0.6) is 0 Å². The largest absolute Gasteiger partial charge is 0.323 e. The molecule has 1 rings (SSSR count). The van der Waals surface area contributed by atoms with Crippen molar-refractivity contribution in [3.05, 3.63) is 42.1 Å². The third-order valence-corrected chi connectivity index (χ3v) is 2.78. The molecule has 0 unspecified atom stereocenters. The number of carbonyl (C=O) groups is 1. The first-order valence-electron chi connectivity index (χ1n) is 6.94. The van der Waals surface area contributed by atoms with Gasteiger partial charge in [-0.2, -0.15) is 0 Å². The van der Waals surface area contributed by atoms with Gasteiger partial charge >= 0.3 is 6.03 Å². The van der Waals surface area contributed by atoms with Crippen molar-refractivity contribution in [1.82, 2.24) is 5.32 Å². The van der Waals surface area contributed by atoms with Gasteiger partial charge in [-0.15, -0.1) is 0 Å². The smallest absolute Gasteiger partial charge is 0.315 e. The zero-order valence-corrected chi connectivity index (χ0v) is 13.4. The van der Waals surface area contributed by atoms with Crippen molar-refractivity contribution in [3.63, 3.8) is 0 Å². The van der Waals surface area contributed by atoms with Crippen molar-refractivity contribution in [2.24, 2.45) is 5.41 Å². The highest BCUT2D eigenvalue weighted by molar-refractivity contribution is 5.90. The number of urea groups is 1. The predicted molar refractivity (Wildman–Crippen MR) is 85.9 cm³/mol. The van der Waals surface area contributed by atoms with Crippen molar-refractivity contribution in [3.8, 4) is 0 Å². The molecular formula is C17H26N2O. The maximum atomic E-state index is 11.9. The van der Waals surface area contributed by atoms with Gasteiger partial charge in [0.25, 0.3) is 0 Å². The molecule has 0 radical (unpaired) electrons. The summed E-state index contributed by atoms with van der Waals surface area (Å²) in [6.07, 6.45) is 3.65. The average Bonchev–Trinajstić information content (AvgIpc) is 2.26. The van der Waals surface area contributed by atoms with Gasteiger partial charge in [0.2, 0.25) is 0 Å². The molecule has 3 heteroatoms. The van der Waals surface area contributed by atoms with E-state index in [1.54, 1.807) is 6.20 Å². The Labute approximate surface area is 122 Å². The van der Waals surface area contributed by atoms with Gasteiger partial charge in [-0.25, -0.2) is 4.79 Å². The van der Waals surface area contributed by atoms with Crippen LogP contribution in [0.25, 0.3) is 0 Å². The maximum absolute atomic E-state index is 11.9. The standard InChI is InChI=1S/C17H26N2O/c1-16(2,3)11-12-18-15(20)19-14-10-8-7-9-13(14)17(4,5)6/h7-12H,1-6H3,(H2,18,19,20)/b12-11+. The van der Waals surface area contributed by atoms with Crippen LogP contribution in [0, 0.1) is 5.41 Å².